The maximum Gasteiger partial charge on any atom is 0.422 e. The van der Waals surface area contributed by atoms with Crippen LogP contribution in [0.2, 0.25) is 0 Å². The average Bonchev–Trinajstić information content (AvgIpc) is 3.31. The number of rotatable bonds is 5. The van der Waals surface area contributed by atoms with Crippen molar-refractivity contribution in [3.05, 3.63) is 41.8 Å². The molecule has 0 aliphatic rings. The summed E-state index contributed by atoms with van der Waals surface area (Å²) in [5.74, 6) is 1.00. The van der Waals surface area contributed by atoms with Gasteiger partial charge in [-0.1, -0.05) is 11.3 Å². The van der Waals surface area contributed by atoms with Crippen LogP contribution in [0.1, 0.15) is 24.4 Å². The number of alkyl halides is 3. The van der Waals surface area contributed by atoms with Crippen LogP contribution in [0.3, 0.4) is 0 Å². The summed E-state index contributed by atoms with van der Waals surface area (Å²) >= 11 is 0. The molecule has 2 N–H and O–H groups in total. The molecular weight excluding hydrogens is 403 g/mol. The van der Waals surface area contributed by atoms with Crippen molar-refractivity contribution >= 4 is 17.1 Å². The lowest BCUT2D eigenvalue weighted by atomic mass is 10.2. The molecule has 4 aromatic rings. The molecule has 0 aliphatic carbocycles. The molecule has 0 fully saturated rings. The summed E-state index contributed by atoms with van der Waals surface area (Å²) in [6.07, 6.45) is -4.46. The quantitative estimate of drug-likeness (QED) is 0.523. The topological polar surface area (TPSA) is 118 Å². The first-order chi connectivity index (χ1) is 14.2. The molecule has 1 unspecified atom stereocenters. The Kier molecular flexibility index (Phi) is 4.76. The zero-order valence-corrected chi connectivity index (χ0v) is 15.9. The maximum atomic E-state index is 12.4. The normalized spacial score (nSPS) is 13.0. The SMILES string of the molecule is Cc1ccc(-c2nc(N)nc3c2nnn3C(C)c2cccc(OCC(F)(F)F)n2)o1. The molecule has 0 bridgehead atoms. The van der Waals surface area contributed by atoms with Crippen LogP contribution >= 0.6 is 0 Å². The van der Waals surface area contributed by atoms with Gasteiger partial charge in [-0.2, -0.15) is 18.2 Å². The van der Waals surface area contributed by atoms with Gasteiger partial charge < -0.3 is 14.9 Å². The summed E-state index contributed by atoms with van der Waals surface area (Å²) in [5.41, 5.74) is 7.37. The predicted molar refractivity (Wildman–Crippen MR) is 99.6 cm³/mol. The fourth-order valence-electron chi connectivity index (χ4n) is 2.87. The van der Waals surface area contributed by atoms with Gasteiger partial charge in [0.1, 0.15) is 11.5 Å². The molecule has 0 aromatic carbocycles. The number of nitrogen functional groups attached to an aromatic ring is 1. The standard InChI is InChI=1S/C18H16F3N7O2/c1-9-6-7-12(30-9)14-15-16(25-17(22)24-14)28(27-26-15)10(2)11-4-3-5-13(23-11)29-8-18(19,20)21/h3-7,10H,8H2,1-2H3,(H2,22,24,25). The highest BCUT2D eigenvalue weighted by atomic mass is 19.4. The van der Waals surface area contributed by atoms with E-state index in [2.05, 4.69) is 25.3 Å². The van der Waals surface area contributed by atoms with Gasteiger partial charge in [-0.25, -0.2) is 14.6 Å². The Bertz CT molecular complexity index is 1200. The van der Waals surface area contributed by atoms with Crippen molar-refractivity contribution in [2.45, 2.75) is 26.1 Å². The number of furan rings is 1. The minimum Gasteiger partial charge on any atom is -0.468 e. The highest BCUT2D eigenvalue weighted by Crippen LogP contribution is 2.29. The van der Waals surface area contributed by atoms with Gasteiger partial charge in [-0.15, -0.1) is 5.10 Å². The number of hydrogen-bond donors (Lipinski definition) is 1. The Morgan fingerprint density at radius 1 is 1.17 bits per heavy atom. The van der Waals surface area contributed by atoms with Gasteiger partial charge in [0, 0.05) is 6.07 Å². The van der Waals surface area contributed by atoms with Crippen molar-refractivity contribution in [2.75, 3.05) is 12.3 Å². The maximum absolute atomic E-state index is 12.4. The first-order valence-electron chi connectivity index (χ1n) is 8.83. The number of aromatic nitrogens is 6. The monoisotopic (exact) mass is 419 g/mol. The van der Waals surface area contributed by atoms with Gasteiger partial charge >= 0.3 is 6.18 Å². The smallest absolute Gasteiger partial charge is 0.422 e. The van der Waals surface area contributed by atoms with Crippen molar-refractivity contribution in [3.63, 3.8) is 0 Å². The van der Waals surface area contributed by atoms with E-state index in [1.54, 1.807) is 38.1 Å². The van der Waals surface area contributed by atoms with Crippen LogP contribution in [0, 0.1) is 6.92 Å². The van der Waals surface area contributed by atoms with Crippen LogP contribution in [0.5, 0.6) is 5.88 Å². The van der Waals surface area contributed by atoms with E-state index in [9.17, 15) is 13.2 Å². The fraction of sp³-hybridized carbons (Fsp3) is 0.278. The Morgan fingerprint density at radius 2 is 1.97 bits per heavy atom. The number of anilines is 1. The molecule has 0 radical (unpaired) electrons. The molecule has 12 heteroatoms. The van der Waals surface area contributed by atoms with Gasteiger partial charge in [0.25, 0.3) is 0 Å². The third kappa shape index (κ3) is 3.88. The highest BCUT2D eigenvalue weighted by Gasteiger charge is 2.29. The fourth-order valence-corrected chi connectivity index (χ4v) is 2.87. The lowest BCUT2D eigenvalue weighted by molar-refractivity contribution is -0.154. The highest BCUT2D eigenvalue weighted by molar-refractivity contribution is 5.86. The zero-order valence-electron chi connectivity index (χ0n) is 15.9. The summed E-state index contributed by atoms with van der Waals surface area (Å²) in [6.45, 7) is 2.11. The van der Waals surface area contributed by atoms with E-state index in [-0.39, 0.29) is 11.8 Å². The van der Waals surface area contributed by atoms with Crippen LogP contribution < -0.4 is 10.5 Å². The molecule has 4 rings (SSSR count). The molecular formula is C18H16F3N7O2. The zero-order chi connectivity index (χ0) is 21.5. The Morgan fingerprint density at radius 3 is 2.67 bits per heavy atom. The van der Waals surface area contributed by atoms with Crippen molar-refractivity contribution < 1.29 is 22.3 Å². The summed E-state index contributed by atoms with van der Waals surface area (Å²) < 4.78 is 49.0. The lowest BCUT2D eigenvalue weighted by Gasteiger charge is -2.14. The van der Waals surface area contributed by atoms with Crippen LogP contribution in [-0.2, 0) is 0 Å². The summed E-state index contributed by atoms with van der Waals surface area (Å²) in [6, 6.07) is 7.53. The molecule has 0 saturated heterocycles. The average molecular weight is 419 g/mol. The van der Waals surface area contributed by atoms with Gasteiger partial charge in [0.2, 0.25) is 11.8 Å². The summed E-state index contributed by atoms with van der Waals surface area (Å²) in [4.78, 5) is 12.6. The van der Waals surface area contributed by atoms with E-state index in [0.717, 1.165) is 0 Å². The van der Waals surface area contributed by atoms with Gasteiger partial charge in [-0.3, -0.25) is 0 Å². The predicted octanol–water partition coefficient (Wildman–Crippen LogP) is 3.32. The number of nitrogens with two attached hydrogens (primary N) is 1. The molecule has 4 heterocycles. The van der Waals surface area contributed by atoms with Crippen molar-refractivity contribution in [2.24, 2.45) is 0 Å². The molecule has 0 aliphatic heterocycles. The minimum absolute atomic E-state index is 0.00229. The molecule has 0 spiro atoms. The van der Waals surface area contributed by atoms with E-state index in [1.165, 1.54) is 10.7 Å². The number of halogens is 3. The molecule has 1 atom stereocenters. The molecule has 156 valence electrons. The minimum atomic E-state index is -4.46. The van der Waals surface area contributed by atoms with Crippen molar-refractivity contribution in [1.82, 2.24) is 29.9 Å². The van der Waals surface area contributed by atoms with E-state index in [1.807, 2.05) is 0 Å². The molecule has 30 heavy (non-hydrogen) atoms. The number of nitrogens with zero attached hydrogens (tertiary/aromatic N) is 6. The van der Waals surface area contributed by atoms with Gasteiger partial charge in [0.05, 0.1) is 11.7 Å². The number of fused-ring (bicyclic) bond motifs is 1. The number of aryl methyl sites for hydroxylation is 1. The summed E-state index contributed by atoms with van der Waals surface area (Å²) in [5, 5.41) is 8.27. The second-order valence-corrected chi connectivity index (χ2v) is 6.53. The molecule has 0 amide bonds. The molecule has 9 nitrogen and oxygen atoms in total. The lowest BCUT2D eigenvalue weighted by Crippen LogP contribution is -2.20. The second kappa shape index (κ2) is 7.28. The Hall–Kier alpha value is -3.70. The van der Waals surface area contributed by atoms with Crippen LogP contribution in [-0.4, -0.2) is 42.7 Å². The van der Waals surface area contributed by atoms with E-state index in [4.69, 9.17) is 14.9 Å². The number of ether oxygens (including phenoxy) is 1. The van der Waals surface area contributed by atoms with Crippen molar-refractivity contribution in [1.29, 1.82) is 0 Å². The second-order valence-electron chi connectivity index (χ2n) is 6.53. The Balaban J connectivity index is 1.71. The van der Waals surface area contributed by atoms with Crippen molar-refractivity contribution in [3.8, 4) is 17.3 Å². The van der Waals surface area contributed by atoms with E-state index < -0.39 is 18.8 Å². The van der Waals surface area contributed by atoms with Crippen LogP contribution in [0.15, 0.2) is 34.7 Å². The first-order valence-corrected chi connectivity index (χ1v) is 8.83. The van der Waals surface area contributed by atoms with E-state index >= 15 is 0 Å². The number of pyridine rings is 1. The van der Waals surface area contributed by atoms with Crippen LogP contribution in [0.4, 0.5) is 19.1 Å². The third-order valence-corrected chi connectivity index (χ3v) is 4.24. The summed E-state index contributed by atoms with van der Waals surface area (Å²) in [7, 11) is 0. The first kappa shape index (κ1) is 19.6. The number of hydrogen-bond acceptors (Lipinski definition) is 8. The molecule has 4 aromatic heterocycles. The van der Waals surface area contributed by atoms with Gasteiger partial charge in [0.15, 0.2) is 23.5 Å². The molecule has 0 saturated carbocycles. The van der Waals surface area contributed by atoms with Crippen LogP contribution in [0.25, 0.3) is 22.6 Å². The largest absolute Gasteiger partial charge is 0.468 e. The Labute approximate surface area is 167 Å². The third-order valence-electron chi connectivity index (χ3n) is 4.24. The van der Waals surface area contributed by atoms with E-state index in [0.29, 0.717) is 34.1 Å². The van der Waals surface area contributed by atoms with Gasteiger partial charge in [-0.05, 0) is 32.0 Å².